The van der Waals surface area contributed by atoms with Crippen LogP contribution in [0.25, 0.3) is 11.0 Å². The highest BCUT2D eigenvalue weighted by molar-refractivity contribution is 5.97. The summed E-state index contributed by atoms with van der Waals surface area (Å²) in [5.74, 6) is -0.0976. The third-order valence-electron chi connectivity index (χ3n) is 5.48. The predicted molar refractivity (Wildman–Crippen MR) is 123 cm³/mol. The quantitative estimate of drug-likeness (QED) is 0.443. The Balaban J connectivity index is 1.72. The molecule has 1 heterocycles. The van der Waals surface area contributed by atoms with Crippen molar-refractivity contribution in [3.05, 3.63) is 110 Å². The van der Waals surface area contributed by atoms with Crippen LogP contribution in [0, 0.1) is 5.82 Å². The number of amides is 1. The lowest BCUT2D eigenvalue weighted by Gasteiger charge is -2.20. The van der Waals surface area contributed by atoms with Crippen LogP contribution in [0.15, 0.2) is 76.3 Å². The summed E-state index contributed by atoms with van der Waals surface area (Å²) in [6.07, 6.45) is 0. The highest BCUT2D eigenvalue weighted by Gasteiger charge is 2.19. The maximum absolute atomic E-state index is 13.5. The molecule has 1 aromatic heterocycles. The summed E-state index contributed by atoms with van der Waals surface area (Å²) in [7, 11) is 1.57. The summed E-state index contributed by atoms with van der Waals surface area (Å²) in [5.41, 5.74) is 1.32. The van der Waals surface area contributed by atoms with E-state index < -0.39 is 23.1 Å². The summed E-state index contributed by atoms with van der Waals surface area (Å²) >= 11 is 0. The number of halogens is 1. The number of aromatic amines is 1. The molecule has 0 radical (unpaired) electrons. The third-order valence-corrected chi connectivity index (χ3v) is 5.48. The minimum atomic E-state index is -0.746. The summed E-state index contributed by atoms with van der Waals surface area (Å²) < 4.78 is 20.1. The lowest BCUT2D eigenvalue weighted by atomic mass is 9.98. The number of methoxy groups -OCH3 is 1. The van der Waals surface area contributed by atoms with Crippen LogP contribution in [0.5, 0.6) is 5.75 Å². The van der Waals surface area contributed by atoms with Gasteiger partial charge in [-0.25, -0.2) is 4.39 Å². The first-order valence-corrected chi connectivity index (χ1v) is 10.4. The van der Waals surface area contributed by atoms with Gasteiger partial charge in [-0.05, 0) is 60.5 Å². The number of fused-ring (bicyclic) bond motifs is 1. The van der Waals surface area contributed by atoms with Gasteiger partial charge in [-0.2, -0.15) is 0 Å². The van der Waals surface area contributed by atoms with Crippen molar-refractivity contribution in [2.75, 3.05) is 7.11 Å². The minimum Gasteiger partial charge on any atom is -0.497 e. The Hall–Kier alpha value is -4.20. The number of nitrogens with zero attached hydrogens (tertiary/aromatic N) is 1. The van der Waals surface area contributed by atoms with Gasteiger partial charge < -0.3 is 19.6 Å². The summed E-state index contributed by atoms with van der Waals surface area (Å²) in [4.78, 5) is 39.8. The van der Waals surface area contributed by atoms with Crippen molar-refractivity contribution in [2.45, 2.75) is 19.5 Å². The maximum Gasteiger partial charge on any atom is 0.316 e. The van der Waals surface area contributed by atoms with Gasteiger partial charge in [0.15, 0.2) is 0 Å². The van der Waals surface area contributed by atoms with Gasteiger partial charge in [0.1, 0.15) is 11.6 Å². The fourth-order valence-electron chi connectivity index (χ4n) is 3.76. The molecular weight excluding hydrogens is 425 g/mol. The zero-order valence-corrected chi connectivity index (χ0v) is 18.1. The summed E-state index contributed by atoms with van der Waals surface area (Å²) in [5, 5.41) is 2.98. The van der Waals surface area contributed by atoms with Crippen LogP contribution in [0.2, 0.25) is 0 Å². The van der Waals surface area contributed by atoms with Crippen molar-refractivity contribution in [3.63, 3.8) is 0 Å². The second-order valence-electron chi connectivity index (χ2n) is 7.47. The number of benzene rings is 3. The average molecular weight is 447 g/mol. The SMILES string of the molecule is CCn1c(=O)c(=O)[nH]c2cc(C(=O)NC(c3ccc(F)cc3)c3ccc(OC)cc3)ccc21. The van der Waals surface area contributed by atoms with E-state index in [4.69, 9.17) is 4.74 Å². The van der Waals surface area contributed by atoms with E-state index in [1.165, 1.54) is 22.8 Å². The lowest BCUT2D eigenvalue weighted by Crippen LogP contribution is -2.36. The van der Waals surface area contributed by atoms with Crippen molar-refractivity contribution in [1.29, 1.82) is 0 Å². The van der Waals surface area contributed by atoms with E-state index >= 15 is 0 Å². The van der Waals surface area contributed by atoms with Crippen LogP contribution < -0.4 is 21.2 Å². The van der Waals surface area contributed by atoms with Crippen LogP contribution in [-0.4, -0.2) is 22.6 Å². The largest absolute Gasteiger partial charge is 0.497 e. The van der Waals surface area contributed by atoms with E-state index in [0.29, 0.717) is 34.5 Å². The lowest BCUT2D eigenvalue weighted by molar-refractivity contribution is 0.0943. The molecule has 8 heteroatoms. The van der Waals surface area contributed by atoms with Crippen LogP contribution in [0.3, 0.4) is 0 Å². The number of nitrogens with one attached hydrogen (secondary N) is 2. The maximum atomic E-state index is 13.5. The second-order valence-corrected chi connectivity index (χ2v) is 7.47. The highest BCUT2D eigenvalue weighted by atomic mass is 19.1. The van der Waals surface area contributed by atoms with E-state index in [-0.39, 0.29) is 5.82 Å². The van der Waals surface area contributed by atoms with Crippen molar-refractivity contribution in [3.8, 4) is 5.75 Å². The summed E-state index contributed by atoms with van der Waals surface area (Å²) in [6.45, 7) is 2.10. The van der Waals surface area contributed by atoms with E-state index in [1.807, 2.05) is 12.1 Å². The predicted octanol–water partition coefficient (Wildman–Crippen LogP) is 3.38. The van der Waals surface area contributed by atoms with Gasteiger partial charge in [0.05, 0.1) is 24.2 Å². The number of carbonyl (C=O) groups is 1. The first-order valence-electron chi connectivity index (χ1n) is 10.4. The van der Waals surface area contributed by atoms with Crippen LogP contribution in [0.1, 0.15) is 34.5 Å². The average Bonchev–Trinajstić information content (AvgIpc) is 2.83. The molecule has 0 aliphatic rings. The number of carbonyl (C=O) groups excluding carboxylic acids is 1. The standard InChI is InChI=1S/C25H22FN3O4/c1-3-29-21-13-8-17(14-20(21)27-24(31)25(29)32)23(30)28-22(15-4-9-18(26)10-5-15)16-6-11-19(33-2)12-7-16/h4-14,22H,3H2,1-2H3,(H,27,31)(H,28,30). The number of hydrogen-bond donors (Lipinski definition) is 2. The molecule has 1 unspecified atom stereocenters. The molecule has 168 valence electrons. The number of aryl methyl sites for hydroxylation is 1. The first-order chi connectivity index (χ1) is 15.9. The molecule has 7 nitrogen and oxygen atoms in total. The van der Waals surface area contributed by atoms with Crippen molar-refractivity contribution < 1.29 is 13.9 Å². The number of H-pyrrole nitrogens is 1. The van der Waals surface area contributed by atoms with Crippen molar-refractivity contribution >= 4 is 16.9 Å². The van der Waals surface area contributed by atoms with Crippen molar-refractivity contribution in [1.82, 2.24) is 14.9 Å². The van der Waals surface area contributed by atoms with Gasteiger partial charge in [0, 0.05) is 12.1 Å². The first kappa shape index (κ1) is 22.0. The van der Waals surface area contributed by atoms with Gasteiger partial charge in [-0.1, -0.05) is 24.3 Å². The molecule has 1 atom stereocenters. The van der Waals surface area contributed by atoms with E-state index in [1.54, 1.807) is 50.4 Å². The Bertz CT molecular complexity index is 1420. The second kappa shape index (κ2) is 9.12. The molecular formula is C25H22FN3O4. The fraction of sp³-hybridized carbons (Fsp3) is 0.160. The van der Waals surface area contributed by atoms with Gasteiger partial charge in [-0.3, -0.25) is 14.4 Å². The monoisotopic (exact) mass is 447 g/mol. The van der Waals surface area contributed by atoms with Gasteiger partial charge in [0.2, 0.25) is 0 Å². The van der Waals surface area contributed by atoms with Crippen LogP contribution in [0.4, 0.5) is 4.39 Å². The molecule has 3 aromatic carbocycles. The zero-order valence-electron chi connectivity index (χ0n) is 18.1. The zero-order chi connectivity index (χ0) is 23.5. The third kappa shape index (κ3) is 4.41. The molecule has 0 spiro atoms. The number of ether oxygens (including phenoxy) is 1. The van der Waals surface area contributed by atoms with Gasteiger partial charge >= 0.3 is 11.1 Å². The molecule has 0 aliphatic carbocycles. The molecule has 0 aliphatic heterocycles. The van der Waals surface area contributed by atoms with Gasteiger partial charge in [-0.15, -0.1) is 0 Å². The van der Waals surface area contributed by atoms with Gasteiger partial charge in [0.25, 0.3) is 5.91 Å². The van der Waals surface area contributed by atoms with Crippen LogP contribution >= 0.6 is 0 Å². The van der Waals surface area contributed by atoms with E-state index in [2.05, 4.69) is 10.3 Å². The smallest absolute Gasteiger partial charge is 0.316 e. The highest BCUT2D eigenvalue weighted by Crippen LogP contribution is 2.25. The Labute approximate surface area is 188 Å². The number of hydrogen-bond acceptors (Lipinski definition) is 4. The van der Waals surface area contributed by atoms with E-state index in [0.717, 1.165) is 5.56 Å². The summed E-state index contributed by atoms with van der Waals surface area (Å²) in [6, 6.07) is 17.3. The Kier molecular flexibility index (Phi) is 6.08. The molecule has 0 fully saturated rings. The number of rotatable bonds is 6. The van der Waals surface area contributed by atoms with Crippen LogP contribution in [-0.2, 0) is 6.54 Å². The van der Waals surface area contributed by atoms with E-state index in [9.17, 15) is 18.8 Å². The molecule has 33 heavy (non-hydrogen) atoms. The molecule has 1 amide bonds. The fourth-order valence-corrected chi connectivity index (χ4v) is 3.76. The molecule has 4 rings (SSSR count). The minimum absolute atomic E-state index is 0.306. The molecule has 0 saturated heterocycles. The molecule has 0 bridgehead atoms. The Morgan fingerprint density at radius 2 is 1.67 bits per heavy atom. The normalized spacial score (nSPS) is 11.8. The molecule has 0 saturated carbocycles. The van der Waals surface area contributed by atoms with Crippen molar-refractivity contribution in [2.24, 2.45) is 0 Å². The Morgan fingerprint density at radius 1 is 1.03 bits per heavy atom. The topological polar surface area (TPSA) is 93.2 Å². The number of aromatic nitrogens is 2. The molecule has 2 N–H and O–H groups in total. The molecule has 4 aromatic rings. The Morgan fingerprint density at radius 3 is 2.27 bits per heavy atom.